The molecule has 0 aromatic rings. The SMILES string of the molecule is C=C(C)/C(=C\C1(C)CCCN1C)C(C)=N. The fourth-order valence-corrected chi connectivity index (χ4v) is 2.17. The third-order valence-electron chi connectivity index (χ3n) is 3.37. The molecule has 1 N–H and O–H groups in total. The Labute approximate surface area is 93.2 Å². The Bertz CT molecular complexity index is 298. The Balaban J connectivity index is 3.01. The average Bonchev–Trinajstić information content (AvgIpc) is 2.43. The minimum Gasteiger partial charge on any atom is -0.305 e. The Hall–Kier alpha value is -0.890. The lowest BCUT2D eigenvalue weighted by molar-refractivity contribution is 0.251. The molecule has 0 aromatic carbocycles. The molecule has 0 aromatic heterocycles. The Morgan fingerprint density at radius 1 is 1.47 bits per heavy atom. The summed E-state index contributed by atoms with van der Waals surface area (Å²) in [5, 5.41) is 7.75. The Morgan fingerprint density at radius 3 is 2.40 bits per heavy atom. The van der Waals surface area contributed by atoms with Crippen molar-refractivity contribution >= 4 is 5.71 Å². The van der Waals surface area contributed by atoms with Gasteiger partial charge in [0.25, 0.3) is 0 Å². The summed E-state index contributed by atoms with van der Waals surface area (Å²) in [7, 11) is 2.15. The summed E-state index contributed by atoms with van der Waals surface area (Å²) < 4.78 is 0. The third kappa shape index (κ3) is 2.57. The van der Waals surface area contributed by atoms with Crippen molar-refractivity contribution in [3.63, 3.8) is 0 Å². The highest BCUT2D eigenvalue weighted by molar-refractivity contribution is 5.99. The van der Waals surface area contributed by atoms with Crippen LogP contribution in [0.4, 0.5) is 0 Å². The van der Waals surface area contributed by atoms with Crippen LogP contribution in [0, 0.1) is 5.41 Å². The van der Waals surface area contributed by atoms with Crippen LogP contribution in [0.3, 0.4) is 0 Å². The Kier molecular flexibility index (Phi) is 3.50. The van der Waals surface area contributed by atoms with Crippen molar-refractivity contribution in [3.8, 4) is 0 Å². The van der Waals surface area contributed by atoms with E-state index in [-0.39, 0.29) is 5.54 Å². The van der Waals surface area contributed by atoms with E-state index in [2.05, 4.69) is 31.5 Å². The molecular weight excluding hydrogens is 184 g/mol. The average molecular weight is 206 g/mol. The molecule has 2 heteroatoms. The van der Waals surface area contributed by atoms with Crippen LogP contribution in [0.1, 0.15) is 33.6 Å². The predicted octanol–water partition coefficient (Wildman–Crippen LogP) is 3.01. The lowest BCUT2D eigenvalue weighted by Gasteiger charge is -2.30. The van der Waals surface area contributed by atoms with Gasteiger partial charge in [-0.15, -0.1) is 0 Å². The van der Waals surface area contributed by atoms with Crippen molar-refractivity contribution in [1.29, 1.82) is 5.41 Å². The highest BCUT2D eigenvalue weighted by atomic mass is 15.2. The van der Waals surface area contributed by atoms with Gasteiger partial charge in [-0.3, -0.25) is 4.90 Å². The molecular formula is C13H22N2. The van der Waals surface area contributed by atoms with Crippen LogP contribution in [-0.2, 0) is 0 Å². The summed E-state index contributed by atoms with van der Waals surface area (Å²) >= 11 is 0. The van der Waals surface area contributed by atoms with E-state index < -0.39 is 0 Å². The summed E-state index contributed by atoms with van der Waals surface area (Å²) in [4.78, 5) is 2.36. The first kappa shape index (κ1) is 12.2. The molecule has 0 bridgehead atoms. The van der Waals surface area contributed by atoms with Crippen LogP contribution in [0.2, 0.25) is 0 Å². The maximum Gasteiger partial charge on any atom is 0.0370 e. The quantitative estimate of drug-likeness (QED) is 0.558. The number of likely N-dealkylation sites (tertiary alicyclic amines) is 1. The zero-order valence-electron chi connectivity index (χ0n) is 10.4. The van der Waals surface area contributed by atoms with Gasteiger partial charge in [-0.25, -0.2) is 0 Å². The molecule has 1 rings (SSSR count). The van der Waals surface area contributed by atoms with Crippen LogP contribution in [0.5, 0.6) is 0 Å². The van der Waals surface area contributed by atoms with Crippen molar-refractivity contribution < 1.29 is 0 Å². The molecule has 1 saturated heterocycles. The second-order valence-corrected chi connectivity index (χ2v) is 4.85. The number of hydrogen-bond acceptors (Lipinski definition) is 2. The smallest absolute Gasteiger partial charge is 0.0370 e. The number of allylic oxidation sites excluding steroid dienone is 2. The molecule has 1 aliphatic rings. The maximum absolute atomic E-state index is 7.75. The highest BCUT2D eigenvalue weighted by Gasteiger charge is 2.32. The van der Waals surface area contributed by atoms with Crippen molar-refractivity contribution in [1.82, 2.24) is 4.90 Å². The summed E-state index contributed by atoms with van der Waals surface area (Å²) in [5.74, 6) is 0. The van der Waals surface area contributed by atoms with Gasteiger partial charge in [0, 0.05) is 11.3 Å². The normalized spacial score (nSPS) is 28.1. The molecule has 1 aliphatic heterocycles. The van der Waals surface area contributed by atoms with Crippen LogP contribution in [0.15, 0.2) is 23.8 Å². The van der Waals surface area contributed by atoms with Gasteiger partial charge in [-0.05, 0) is 58.4 Å². The predicted molar refractivity (Wildman–Crippen MR) is 66.6 cm³/mol. The fraction of sp³-hybridized carbons (Fsp3) is 0.615. The minimum absolute atomic E-state index is 0.108. The molecule has 0 aliphatic carbocycles. The maximum atomic E-state index is 7.75. The molecule has 1 atom stereocenters. The molecule has 15 heavy (non-hydrogen) atoms. The molecule has 0 radical (unpaired) electrons. The van der Waals surface area contributed by atoms with Crippen LogP contribution in [0.25, 0.3) is 0 Å². The van der Waals surface area contributed by atoms with Crippen LogP contribution < -0.4 is 0 Å². The van der Waals surface area contributed by atoms with Crippen molar-refractivity contribution in [2.24, 2.45) is 0 Å². The molecule has 0 amide bonds. The monoisotopic (exact) mass is 206 g/mol. The third-order valence-corrected chi connectivity index (χ3v) is 3.37. The zero-order valence-corrected chi connectivity index (χ0v) is 10.4. The number of nitrogens with one attached hydrogen (secondary N) is 1. The van der Waals surface area contributed by atoms with E-state index >= 15 is 0 Å². The molecule has 1 heterocycles. The van der Waals surface area contributed by atoms with Crippen molar-refractivity contribution in [2.75, 3.05) is 13.6 Å². The van der Waals surface area contributed by atoms with Gasteiger partial charge in [-0.1, -0.05) is 12.7 Å². The van der Waals surface area contributed by atoms with E-state index in [4.69, 9.17) is 5.41 Å². The highest BCUT2D eigenvalue weighted by Crippen LogP contribution is 2.30. The lowest BCUT2D eigenvalue weighted by atomic mass is 9.92. The zero-order chi connectivity index (χ0) is 11.6. The van der Waals surface area contributed by atoms with Crippen molar-refractivity contribution in [2.45, 2.75) is 39.2 Å². The van der Waals surface area contributed by atoms with Crippen molar-refractivity contribution in [3.05, 3.63) is 23.8 Å². The molecule has 0 saturated carbocycles. The number of likely N-dealkylation sites (N-methyl/N-ethyl adjacent to an activating group) is 1. The van der Waals surface area contributed by atoms with E-state index in [9.17, 15) is 0 Å². The van der Waals surface area contributed by atoms with Gasteiger partial charge in [0.1, 0.15) is 0 Å². The fourth-order valence-electron chi connectivity index (χ4n) is 2.17. The van der Waals surface area contributed by atoms with Crippen LogP contribution in [-0.4, -0.2) is 29.7 Å². The topological polar surface area (TPSA) is 27.1 Å². The standard InChI is InChI=1S/C13H22N2/c1-10(2)12(11(3)14)9-13(4)7-6-8-15(13)5/h9,14H,1,6-8H2,2-5H3/b12-9+,14-11?. The second-order valence-electron chi connectivity index (χ2n) is 4.85. The molecule has 84 valence electrons. The van der Waals surface area contributed by atoms with E-state index in [1.165, 1.54) is 12.8 Å². The van der Waals surface area contributed by atoms with Gasteiger partial charge < -0.3 is 5.41 Å². The molecule has 0 spiro atoms. The van der Waals surface area contributed by atoms with Gasteiger partial charge in [-0.2, -0.15) is 0 Å². The molecule has 2 nitrogen and oxygen atoms in total. The van der Waals surface area contributed by atoms with E-state index in [0.717, 1.165) is 17.7 Å². The summed E-state index contributed by atoms with van der Waals surface area (Å²) in [5.41, 5.74) is 2.72. The van der Waals surface area contributed by atoms with E-state index in [1.807, 2.05) is 13.8 Å². The van der Waals surface area contributed by atoms with E-state index in [0.29, 0.717) is 5.71 Å². The Morgan fingerprint density at radius 2 is 2.07 bits per heavy atom. The first-order valence-electron chi connectivity index (χ1n) is 5.52. The van der Waals surface area contributed by atoms with Gasteiger partial charge in [0.2, 0.25) is 0 Å². The second kappa shape index (κ2) is 4.31. The van der Waals surface area contributed by atoms with E-state index in [1.54, 1.807) is 0 Å². The summed E-state index contributed by atoms with van der Waals surface area (Å²) in [6, 6.07) is 0. The van der Waals surface area contributed by atoms with Gasteiger partial charge in [0.05, 0.1) is 0 Å². The summed E-state index contributed by atoms with van der Waals surface area (Å²) in [6.45, 7) is 11.1. The molecule has 1 unspecified atom stereocenters. The first-order chi connectivity index (χ1) is 6.87. The van der Waals surface area contributed by atoms with Crippen LogP contribution >= 0.6 is 0 Å². The molecule has 1 fully saturated rings. The largest absolute Gasteiger partial charge is 0.305 e. The number of nitrogens with zero attached hydrogens (tertiary/aromatic N) is 1. The number of hydrogen-bond donors (Lipinski definition) is 1. The van der Waals surface area contributed by atoms with Gasteiger partial charge in [0.15, 0.2) is 0 Å². The number of rotatable bonds is 3. The lowest BCUT2D eigenvalue weighted by Crippen LogP contribution is -2.36. The minimum atomic E-state index is 0.108. The first-order valence-corrected chi connectivity index (χ1v) is 5.52. The van der Waals surface area contributed by atoms with Gasteiger partial charge >= 0.3 is 0 Å². The summed E-state index contributed by atoms with van der Waals surface area (Å²) in [6.07, 6.45) is 4.63.